The Morgan fingerprint density at radius 2 is 2.24 bits per heavy atom. The maximum Gasteiger partial charge on any atom is 0.137 e. The molecule has 0 aliphatic rings. The maximum absolute atomic E-state index is 13.1. The highest BCUT2D eigenvalue weighted by atomic mass is 79.9. The van der Waals surface area contributed by atoms with Gasteiger partial charge in [0.2, 0.25) is 0 Å². The molecule has 4 heteroatoms. The Morgan fingerprint density at radius 3 is 2.82 bits per heavy atom. The zero-order valence-electron chi connectivity index (χ0n) is 9.41. The highest BCUT2D eigenvalue weighted by molar-refractivity contribution is 9.10. The summed E-state index contributed by atoms with van der Waals surface area (Å²) in [5.74, 6) is -0.238. The van der Waals surface area contributed by atoms with Gasteiger partial charge < -0.3 is 9.73 Å². The molecule has 0 aliphatic carbocycles. The van der Waals surface area contributed by atoms with E-state index in [1.54, 1.807) is 24.7 Å². The third-order valence-electron chi connectivity index (χ3n) is 2.72. The van der Waals surface area contributed by atoms with E-state index in [0.717, 1.165) is 17.5 Å². The molecule has 0 saturated carbocycles. The smallest absolute Gasteiger partial charge is 0.137 e. The minimum absolute atomic E-state index is 0.172. The number of hydrogen-bond acceptors (Lipinski definition) is 2. The van der Waals surface area contributed by atoms with Crippen LogP contribution in [0.4, 0.5) is 4.39 Å². The first-order valence-corrected chi connectivity index (χ1v) is 6.13. The first-order chi connectivity index (χ1) is 8.20. The zero-order chi connectivity index (χ0) is 12.3. The molecule has 1 heterocycles. The van der Waals surface area contributed by atoms with Crippen molar-refractivity contribution in [3.8, 4) is 0 Å². The van der Waals surface area contributed by atoms with Crippen molar-refractivity contribution in [3.05, 3.63) is 58.2 Å². The average molecular weight is 298 g/mol. The molecule has 0 radical (unpaired) electrons. The van der Waals surface area contributed by atoms with E-state index in [1.165, 1.54) is 6.07 Å². The van der Waals surface area contributed by atoms with Crippen LogP contribution in [0.1, 0.15) is 17.2 Å². The second kappa shape index (κ2) is 5.47. The molecule has 0 fully saturated rings. The van der Waals surface area contributed by atoms with E-state index < -0.39 is 0 Å². The van der Waals surface area contributed by atoms with Crippen LogP contribution in [0.3, 0.4) is 0 Å². The summed E-state index contributed by atoms with van der Waals surface area (Å²) >= 11 is 3.19. The first-order valence-electron chi connectivity index (χ1n) is 5.34. The summed E-state index contributed by atoms with van der Waals surface area (Å²) in [4.78, 5) is 0. The molecule has 1 unspecified atom stereocenters. The molecule has 0 bridgehead atoms. The SMILES string of the molecule is CNC(Cc1ccc(F)c(Br)c1)c1ccoc1. The topological polar surface area (TPSA) is 25.2 Å². The van der Waals surface area contributed by atoms with E-state index in [0.29, 0.717) is 4.47 Å². The summed E-state index contributed by atoms with van der Waals surface area (Å²) in [6, 6.07) is 7.18. The summed E-state index contributed by atoms with van der Waals surface area (Å²) in [6.45, 7) is 0. The lowest BCUT2D eigenvalue weighted by atomic mass is 10.0. The summed E-state index contributed by atoms with van der Waals surface area (Å²) in [7, 11) is 1.90. The van der Waals surface area contributed by atoms with E-state index in [1.807, 2.05) is 13.1 Å². The van der Waals surface area contributed by atoms with Crippen molar-refractivity contribution >= 4 is 15.9 Å². The van der Waals surface area contributed by atoms with Crippen molar-refractivity contribution in [3.63, 3.8) is 0 Å². The van der Waals surface area contributed by atoms with Crippen molar-refractivity contribution in [2.45, 2.75) is 12.5 Å². The molecule has 0 aliphatic heterocycles. The summed E-state index contributed by atoms with van der Waals surface area (Å²) < 4.78 is 18.7. The maximum atomic E-state index is 13.1. The van der Waals surface area contributed by atoms with Crippen molar-refractivity contribution in [1.82, 2.24) is 5.32 Å². The Kier molecular flexibility index (Phi) is 3.97. The van der Waals surface area contributed by atoms with Gasteiger partial charge in [-0.2, -0.15) is 0 Å². The quantitative estimate of drug-likeness (QED) is 0.931. The molecule has 17 heavy (non-hydrogen) atoms. The monoisotopic (exact) mass is 297 g/mol. The van der Waals surface area contributed by atoms with Gasteiger partial charge in [0.05, 0.1) is 17.0 Å². The van der Waals surface area contributed by atoms with Crippen LogP contribution < -0.4 is 5.32 Å². The fourth-order valence-electron chi connectivity index (χ4n) is 1.76. The Balaban J connectivity index is 2.16. The van der Waals surface area contributed by atoms with E-state index >= 15 is 0 Å². The van der Waals surface area contributed by atoms with E-state index in [4.69, 9.17) is 4.42 Å². The average Bonchev–Trinajstić information content (AvgIpc) is 2.84. The lowest BCUT2D eigenvalue weighted by Crippen LogP contribution is -2.18. The molecular weight excluding hydrogens is 285 g/mol. The van der Waals surface area contributed by atoms with Gasteiger partial charge in [-0.15, -0.1) is 0 Å². The predicted octanol–water partition coefficient (Wildman–Crippen LogP) is 3.68. The lowest BCUT2D eigenvalue weighted by molar-refractivity contribution is 0.542. The molecule has 1 atom stereocenters. The van der Waals surface area contributed by atoms with Gasteiger partial charge in [0.1, 0.15) is 5.82 Å². The Bertz CT molecular complexity index is 484. The second-order valence-electron chi connectivity index (χ2n) is 3.85. The molecule has 2 aromatic rings. The molecular formula is C13H13BrFNO. The van der Waals surface area contributed by atoms with Crippen LogP contribution in [-0.2, 0) is 6.42 Å². The summed E-state index contributed by atoms with van der Waals surface area (Å²) in [5.41, 5.74) is 2.16. The fraction of sp³-hybridized carbons (Fsp3) is 0.231. The van der Waals surface area contributed by atoms with Crippen molar-refractivity contribution < 1.29 is 8.81 Å². The lowest BCUT2D eigenvalue weighted by Gasteiger charge is -2.14. The predicted molar refractivity (Wildman–Crippen MR) is 68.3 cm³/mol. The molecule has 2 nitrogen and oxygen atoms in total. The number of hydrogen-bond donors (Lipinski definition) is 1. The van der Waals surface area contributed by atoms with Gasteiger partial charge in [0, 0.05) is 11.6 Å². The molecule has 0 saturated heterocycles. The van der Waals surface area contributed by atoms with Gasteiger partial charge in [-0.3, -0.25) is 0 Å². The minimum atomic E-state index is -0.238. The number of rotatable bonds is 4. The standard InChI is InChI=1S/C13H13BrFNO/c1-16-13(10-4-5-17-8-10)7-9-2-3-12(15)11(14)6-9/h2-6,8,13,16H,7H2,1H3. The molecule has 2 rings (SSSR count). The minimum Gasteiger partial charge on any atom is -0.472 e. The second-order valence-corrected chi connectivity index (χ2v) is 4.70. The first kappa shape index (κ1) is 12.3. The van der Waals surface area contributed by atoms with Crippen LogP contribution in [-0.4, -0.2) is 7.05 Å². The van der Waals surface area contributed by atoms with E-state index in [-0.39, 0.29) is 11.9 Å². The highest BCUT2D eigenvalue weighted by Gasteiger charge is 2.12. The molecule has 1 aromatic heterocycles. The van der Waals surface area contributed by atoms with Gasteiger partial charge in [0.25, 0.3) is 0 Å². The van der Waals surface area contributed by atoms with Crippen LogP contribution >= 0.6 is 15.9 Å². The van der Waals surface area contributed by atoms with Crippen molar-refractivity contribution in [2.24, 2.45) is 0 Å². The molecule has 90 valence electrons. The number of furan rings is 1. The molecule has 0 amide bonds. The van der Waals surface area contributed by atoms with E-state index in [9.17, 15) is 4.39 Å². The Morgan fingerprint density at radius 1 is 1.41 bits per heavy atom. The van der Waals surface area contributed by atoms with Gasteiger partial charge in [-0.1, -0.05) is 6.07 Å². The Labute approximate surface area is 108 Å². The largest absolute Gasteiger partial charge is 0.472 e. The van der Waals surface area contributed by atoms with Crippen LogP contribution in [0.5, 0.6) is 0 Å². The Hall–Kier alpha value is -1.13. The normalized spacial score (nSPS) is 12.6. The van der Waals surface area contributed by atoms with Crippen LogP contribution in [0.2, 0.25) is 0 Å². The van der Waals surface area contributed by atoms with Crippen molar-refractivity contribution in [1.29, 1.82) is 0 Å². The van der Waals surface area contributed by atoms with Crippen LogP contribution in [0.15, 0.2) is 45.7 Å². The van der Waals surface area contributed by atoms with Gasteiger partial charge in [-0.25, -0.2) is 4.39 Å². The third-order valence-corrected chi connectivity index (χ3v) is 3.33. The van der Waals surface area contributed by atoms with Crippen molar-refractivity contribution in [2.75, 3.05) is 7.05 Å². The molecule has 1 aromatic carbocycles. The summed E-state index contributed by atoms with van der Waals surface area (Å²) in [5, 5.41) is 3.22. The zero-order valence-corrected chi connectivity index (χ0v) is 11.0. The van der Waals surface area contributed by atoms with E-state index in [2.05, 4.69) is 21.2 Å². The molecule has 0 spiro atoms. The van der Waals surface area contributed by atoms with Crippen LogP contribution in [0.25, 0.3) is 0 Å². The number of likely N-dealkylation sites (N-methyl/N-ethyl adjacent to an activating group) is 1. The highest BCUT2D eigenvalue weighted by Crippen LogP contribution is 2.22. The third kappa shape index (κ3) is 2.96. The van der Waals surface area contributed by atoms with Gasteiger partial charge in [-0.05, 0) is 53.2 Å². The van der Waals surface area contributed by atoms with Gasteiger partial charge in [0.15, 0.2) is 0 Å². The fourth-order valence-corrected chi connectivity index (χ4v) is 2.19. The number of nitrogens with one attached hydrogen (secondary N) is 1. The molecule has 1 N–H and O–H groups in total. The summed E-state index contributed by atoms with van der Waals surface area (Å²) in [6.07, 6.45) is 4.16. The van der Waals surface area contributed by atoms with Crippen LogP contribution in [0, 0.1) is 5.82 Å². The van der Waals surface area contributed by atoms with Gasteiger partial charge >= 0.3 is 0 Å². The number of halogens is 2. The number of benzene rings is 1.